The zero-order chi connectivity index (χ0) is 19.1. The molecule has 27 heavy (non-hydrogen) atoms. The van der Waals surface area contributed by atoms with E-state index < -0.39 is 0 Å². The van der Waals surface area contributed by atoms with Crippen LogP contribution < -0.4 is 10.6 Å². The summed E-state index contributed by atoms with van der Waals surface area (Å²) in [6, 6.07) is 17.6. The Morgan fingerprint density at radius 2 is 1.81 bits per heavy atom. The van der Waals surface area contributed by atoms with Crippen LogP contribution in [0.4, 0.5) is 10.2 Å². The van der Waals surface area contributed by atoms with E-state index in [-0.39, 0.29) is 17.8 Å². The second-order valence-corrected chi connectivity index (χ2v) is 6.20. The molecule has 2 aromatic carbocycles. The van der Waals surface area contributed by atoms with Crippen LogP contribution in [0.3, 0.4) is 0 Å². The lowest BCUT2D eigenvalue weighted by Gasteiger charge is -2.14. The maximum Gasteiger partial charge on any atom is 0.270 e. The van der Waals surface area contributed by atoms with Gasteiger partial charge in [0.15, 0.2) is 0 Å². The summed E-state index contributed by atoms with van der Waals surface area (Å²) in [6.07, 6.45) is 2.08. The molecule has 0 aliphatic rings. The van der Waals surface area contributed by atoms with Crippen molar-refractivity contribution in [1.82, 2.24) is 15.3 Å². The van der Waals surface area contributed by atoms with Crippen molar-refractivity contribution in [2.24, 2.45) is 0 Å². The lowest BCUT2D eigenvalue weighted by atomic mass is 10.1. The second-order valence-electron chi connectivity index (χ2n) is 6.20. The van der Waals surface area contributed by atoms with Crippen molar-refractivity contribution >= 4 is 11.7 Å². The Kier molecular flexibility index (Phi) is 6.10. The molecule has 6 heteroatoms. The Bertz CT molecular complexity index is 884. The molecule has 0 fully saturated rings. The first-order valence-electron chi connectivity index (χ1n) is 8.78. The maximum absolute atomic E-state index is 12.9. The van der Waals surface area contributed by atoms with Crippen LogP contribution in [0.15, 0.2) is 67.0 Å². The average Bonchev–Trinajstić information content (AvgIpc) is 2.70. The Labute approximate surface area is 157 Å². The predicted molar refractivity (Wildman–Crippen MR) is 103 cm³/mol. The number of rotatable bonds is 7. The number of benzene rings is 2. The highest BCUT2D eigenvalue weighted by molar-refractivity contribution is 5.93. The predicted octanol–water partition coefficient (Wildman–Crippen LogP) is 3.76. The first-order chi connectivity index (χ1) is 13.1. The molecule has 1 heterocycles. The van der Waals surface area contributed by atoms with Crippen LogP contribution in [0.25, 0.3) is 0 Å². The van der Waals surface area contributed by atoms with Gasteiger partial charge in [-0.1, -0.05) is 42.5 Å². The molecular weight excluding hydrogens is 343 g/mol. The number of carbonyl (C=O) groups excluding carboxylic acids is 1. The SMILES string of the molecule is CC(NC(=O)c1cc(NCCc2ccc(F)cc2)ncn1)c1ccccc1. The highest BCUT2D eigenvalue weighted by atomic mass is 19.1. The van der Waals surface area contributed by atoms with Gasteiger partial charge in [0, 0.05) is 12.6 Å². The highest BCUT2D eigenvalue weighted by Gasteiger charge is 2.13. The summed E-state index contributed by atoms with van der Waals surface area (Å²) in [5, 5.41) is 6.10. The summed E-state index contributed by atoms with van der Waals surface area (Å²) in [5.41, 5.74) is 2.35. The smallest absolute Gasteiger partial charge is 0.270 e. The van der Waals surface area contributed by atoms with Crippen LogP contribution >= 0.6 is 0 Å². The van der Waals surface area contributed by atoms with Crippen molar-refractivity contribution < 1.29 is 9.18 Å². The molecular formula is C21H21FN4O. The molecule has 1 atom stereocenters. The molecule has 5 nitrogen and oxygen atoms in total. The van der Waals surface area contributed by atoms with Crippen molar-refractivity contribution in [1.29, 1.82) is 0 Å². The third-order valence-electron chi connectivity index (χ3n) is 4.18. The average molecular weight is 364 g/mol. The quantitative estimate of drug-likeness (QED) is 0.670. The first-order valence-corrected chi connectivity index (χ1v) is 8.78. The molecule has 0 spiro atoms. The van der Waals surface area contributed by atoms with E-state index in [9.17, 15) is 9.18 Å². The van der Waals surface area contributed by atoms with Crippen LogP contribution in [0.1, 0.15) is 34.6 Å². The van der Waals surface area contributed by atoms with Crippen molar-refractivity contribution in [2.45, 2.75) is 19.4 Å². The van der Waals surface area contributed by atoms with Gasteiger partial charge in [-0.3, -0.25) is 4.79 Å². The summed E-state index contributed by atoms with van der Waals surface area (Å²) in [5.74, 6) is 0.0721. The molecule has 0 saturated carbocycles. The van der Waals surface area contributed by atoms with Gasteiger partial charge >= 0.3 is 0 Å². The maximum atomic E-state index is 12.9. The van der Waals surface area contributed by atoms with E-state index in [0.29, 0.717) is 18.1 Å². The topological polar surface area (TPSA) is 66.9 Å². The number of nitrogens with zero attached hydrogens (tertiary/aromatic N) is 2. The molecule has 3 rings (SSSR count). The molecule has 0 saturated heterocycles. The van der Waals surface area contributed by atoms with Gasteiger partial charge in [0.25, 0.3) is 5.91 Å². The van der Waals surface area contributed by atoms with Gasteiger partial charge in [0.1, 0.15) is 23.7 Å². The van der Waals surface area contributed by atoms with E-state index in [1.165, 1.54) is 18.5 Å². The van der Waals surface area contributed by atoms with Crippen LogP contribution in [-0.4, -0.2) is 22.4 Å². The third kappa shape index (κ3) is 5.34. The van der Waals surface area contributed by atoms with Gasteiger partial charge in [-0.15, -0.1) is 0 Å². The minimum atomic E-state index is -0.254. The van der Waals surface area contributed by atoms with E-state index >= 15 is 0 Å². The Hall–Kier alpha value is -3.28. The minimum Gasteiger partial charge on any atom is -0.370 e. The molecule has 1 unspecified atom stereocenters. The molecule has 3 aromatic rings. The van der Waals surface area contributed by atoms with Crippen LogP contribution in [-0.2, 0) is 6.42 Å². The van der Waals surface area contributed by atoms with Crippen molar-refractivity contribution in [3.8, 4) is 0 Å². The number of hydrogen-bond donors (Lipinski definition) is 2. The summed E-state index contributed by atoms with van der Waals surface area (Å²) in [4.78, 5) is 20.6. The van der Waals surface area contributed by atoms with Gasteiger partial charge in [-0.25, -0.2) is 14.4 Å². The number of anilines is 1. The molecule has 0 aliphatic heterocycles. The monoisotopic (exact) mass is 364 g/mol. The van der Waals surface area contributed by atoms with Gasteiger partial charge in [-0.05, 0) is 36.6 Å². The number of hydrogen-bond acceptors (Lipinski definition) is 4. The van der Waals surface area contributed by atoms with E-state index in [1.54, 1.807) is 18.2 Å². The third-order valence-corrected chi connectivity index (χ3v) is 4.18. The van der Waals surface area contributed by atoms with E-state index in [4.69, 9.17) is 0 Å². The zero-order valence-electron chi connectivity index (χ0n) is 15.0. The lowest BCUT2D eigenvalue weighted by molar-refractivity contribution is 0.0934. The van der Waals surface area contributed by atoms with E-state index in [2.05, 4.69) is 20.6 Å². The van der Waals surface area contributed by atoms with Crippen LogP contribution in [0.5, 0.6) is 0 Å². The minimum absolute atomic E-state index is 0.122. The summed E-state index contributed by atoms with van der Waals surface area (Å²) >= 11 is 0. The molecule has 0 radical (unpaired) electrons. The summed E-state index contributed by atoms with van der Waals surface area (Å²) in [7, 11) is 0. The first kappa shape index (κ1) is 18.5. The summed E-state index contributed by atoms with van der Waals surface area (Å²) in [6.45, 7) is 2.54. The van der Waals surface area contributed by atoms with Crippen LogP contribution in [0.2, 0.25) is 0 Å². The Balaban J connectivity index is 1.56. The molecule has 1 aromatic heterocycles. The second kappa shape index (κ2) is 8.89. The number of amides is 1. The number of carbonyl (C=O) groups is 1. The van der Waals surface area contributed by atoms with Crippen molar-refractivity contribution in [3.05, 3.63) is 89.6 Å². The normalized spacial score (nSPS) is 11.6. The molecule has 0 aliphatic carbocycles. The largest absolute Gasteiger partial charge is 0.370 e. The van der Waals surface area contributed by atoms with E-state index in [0.717, 1.165) is 17.5 Å². The van der Waals surface area contributed by atoms with Crippen molar-refractivity contribution in [3.63, 3.8) is 0 Å². The fourth-order valence-electron chi connectivity index (χ4n) is 2.66. The number of halogens is 1. The van der Waals surface area contributed by atoms with Crippen molar-refractivity contribution in [2.75, 3.05) is 11.9 Å². The molecule has 0 bridgehead atoms. The molecule has 2 N–H and O–H groups in total. The highest BCUT2D eigenvalue weighted by Crippen LogP contribution is 2.13. The fraction of sp³-hybridized carbons (Fsp3) is 0.190. The zero-order valence-corrected chi connectivity index (χ0v) is 15.0. The number of aromatic nitrogens is 2. The number of nitrogens with one attached hydrogen (secondary N) is 2. The Morgan fingerprint density at radius 3 is 2.56 bits per heavy atom. The van der Waals surface area contributed by atoms with Gasteiger partial charge in [-0.2, -0.15) is 0 Å². The fourth-order valence-corrected chi connectivity index (χ4v) is 2.66. The van der Waals surface area contributed by atoms with Gasteiger partial charge < -0.3 is 10.6 Å². The standard InChI is InChI=1S/C21H21FN4O/c1-15(17-5-3-2-4-6-17)26-21(27)19-13-20(25-14-24-19)23-12-11-16-7-9-18(22)10-8-16/h2-10,13-15H,11-12H2,1H3,(H,26,27)(H,23,24,25). The van der Waals surface area contributed by atoms with Gasteiger partial charge in [0.2, 0.25) is 0 Å². The molecule has 1 amide bonds. The summed E-state index contributed by atoms with van der Waals surface area (Å²) < 4.78 is 12.9. The van der Waals surface area contributed by atoms with Crippen LogP contribution in [0, 0.1) is 5.82 Å². The molecule has 138 valence electrons. The van der Waals surface area contributed by atoms with E-state index in [1.807, 2.05) is 37.3 Å². The van der Waals surface area contributed by atoms with Gasteiger partial charge in [0.05, 0.1) is 6.04 Å². The lowest BCUT2D eigenvalue weighted by Crippen LogP contribution is -2.27. The Morgan fingerprint density at radius 1 is 1.07 bits per heavy atom.